The molecule has 106 valence electrons. The molecule has 0 aliphatic rings. The smallest absolute Gasteiger partial charge is 0.335 e. The molecule has 6 heteroatoms. The summed E-state index contributed by atoms with van der Waals surface area (Å²) in [7, 11) is 0. The van der Waals surface area contributed by atoms with Gasteiger partial charge in [0, 0.05) is 12.4 Å². The van der Waals surface area contributed by atoms with Crippen LogP contribution in [0.1, 0.15) is 17.3 Å². The second-order valence-electron chi connectivity index (χ2n) is 4.02. The molecule has 2 rings (SSSR count). The minimum Gasteiger partial charge on any atom is -0.490 e. The van der Waals surface area contributed by atoms with Gasteiger partial charge >= 0.3 is 5.97 Å². The van der Waals surface area contributed by atoms with Gasteiger partial charge in [0.1, 0.15) is 6.61 Å². The van der Waals surface area contributed by atoms with Crippen LogP contribution in [0, 0.1) is 0 Å². The predicted octanol–water partition coefficient (Wildman–Crippen LogP) is 2.06. The number of ether oxygens (including phenoxy) is 2. The maximum absolute atomic E-state index is 10.9. The van der Waals surface area contributed by atoms with E-state index in [9.17, 15) is 4.79 Å². The lowest BCUT2D eigenvalue weighted by Crippen LogP contribution is -2.09. The Balaban J connectivity index is 2.03. The molecule has 1 aromatic heterocycles. The lowest BCUT2D eigenvalue weighted by atomic mass is 10.2. The van der Waals surface area contributed by atoms with Crippen LogP contribution in [0.5, 0.6) is 11.5 Å². The summed E-state index contributed by atoms with van der Waals surface area (Å²) in [6.45, 7) is 3.31. The Kier molecular flexibility index (Phi) is 4.60. The van der Waals surface area contributed by atoms with Gasteiger partial charge in [-0.25, -0.2) is 4.79 Å². The molecule has 0 atom stereocenters. The maximum atomic E-state index is 10.9. The number of rotatable bonds is 7. The van der Waals surface area contributed by atoms with E-state index in [0.717, 1.165) is 0 Å². The summed E-state index contributed by atoms with van der Waals surface area (Å²) < 4.78 is 12.8. The maximum Gasteiger partial charge on any atom is 0.335 e. The normalized spacial score (nSPS) is 10.2. The fourth-order valence-corrected chi connectivity index (χ4v) is 1.71. The van der Waals surface area contributed by atoms with Crippen molar-refractivity contribution in [2.24, 2.45) is 0 Å². The van der Waals surface area contributed by atoms with E-state index in [4.69, 9.17) is 14.6 Å². The van der Waals surface area contributed by atoms with E-state index in [0.29, 0.717) is 31.3 Å². The number of aromatic nitrogens is 2. The molecule has 2 aromatic rings. The molecule has 0 fully saturated rings. The lowest BCUT2D eigenvalue weighted by molar-refractivity contribution is 0.0696. The van der Waals surface area contributed by atoms with Crippen molar-refractivity contribution in [1.29, 1.82) is 0 Å². The number of hydrogen-bond acceptors (Lipinski definition) is 4. The number of carboxylic acids is 1. The van der Waals surface area contributed by atoms with Gasteiger partial charge in [0.25, 0.3) is 0 Å². The summed E-state index contributed by atoms with van der Waals surface area (Å²) >= 11 is 0. The number of hydrogen-bond donors (Lipinski definition) is 1. The molecule has 0 radical (unpaired) electrons. The molecule has 0 amide bonds. The minimum absolute atomic E-state index is 0.174. The first kappa shape index (κ1) is 13.9. The first-order chi connectivity index (χ1) is 9.70. The third-order valence-electron chi connectivity index (χ3n) is 2.63. The topological polar surface area (TPSA) is 73.6 Å². The van der Waals surface area contributed by atoms with Gasteiger partial charge in [0.2, 0.25) is 0 Å². The average molecular weight is 276 g/mol. The van der Waals surface area contributed by atoms with Crippen molar-refractivity contribution in [3.05, 3.63) is 42.2 Å². The van der Waals surface area contributed by atoms with E-state index in [2.05, 4.69) is 5.10 Å². The van der Waals surface area contributed by atoms with E-state index in [1.54, 1.807) is 16.9 Å². The van der Waals surface area contributed by atoms with Gasteiger partial charge in [0.05, 0.1) is 18.7 Å². The number of aromatic carboxylic acids is 1. The van der Waals surface area contributed by atoms with Gasteiger partial charge in [-0.2, -0.15) is 5.10 Å². The fraction of sp³-hybridized carbons (Fsp3) is 0.286. The second kappa shape index (κ2) is 6.60. The highest BCUT2D eigenvalue weighted by molar-refractivity contribution is 5.88. The molecule has 0 unspecified atom stereocenters. The summed E-state index contributed by atoms with van der Waals surface area (Å²) in [6.07, 6.45) is 3.55. The fourth-order valence-electron chi connectivity index (χ4n) is 1.71. The largest absolute Gasteiger partial charge is 0.490 e. The summed E-state index contributed by atoms with van der Waals surface area (Å²) in [5.74, 6) is -0.0223. The lowest BCUT2D eigenvalue weighted by Gasteiger charge is -2.12. The third kappa shape index (κ3) is 3.50. The third-order valence-corrected chi connectivity index (χ3v) is 2.63. The summed E-state index contributed by atoms with van der Waals surface area (Å²) in [5, 5.41) is 13.0. The van der Waals surface area contributed by atoms with Crippen LogP contribution in [-0.2, 0) is 6.54 Å². The van der Waals surface area contributed by atoms with Crippen LogP contribution in [0.2, 0.25) is 0 Å². The summed E-state index contributed by atoms with van der Waals surface area (Å²) in [5.41, 5.74) is 0.174. The summed E-state index contributed by atoms with van der Waals surface area (Å²) in [4.78, 5) is 10.9. The molecular formula is C14H16N2O4. The Labute approximate surface area is 116 Å². The Morgan fingerprint density at radius 1 is 1.35 bits per heavy atom. The Hall–Kier alpha value is -2.50. The summed E-state index contributed by atoms with van der Waals surface area (Å²) in [6, 6.07) is 6.41. The number of benzene rings is 1. The molecule has 0 saturated carbocycles. The molecule has 1 aromatic carbocycles. The second-order valence-corrected chi connectivity index (χ2v) is 4.02. The van der Waals surface area contributed by atoms with Gasteiger partial charge in [-0.3, -0.25) is 4.68 Å². The SMILES string of the molecule is CCOc1cc(C(=O)O)ccc1OCCn1cccn1. The zero-order valence-electron chi connectivity index (χ0n) is 11.2. The Morgan fingerprint density at radius 2 is 2.20 bits per heavy atom. The van der Waals surface area contributed by atoms with Crippen LogP contribution in [0.25, 0.3) is 0 Å². The van der Waals surface area contributed by atoms with E-state index in [1.807, 2.05) is 19.2 Å². The van der Waals surface area contributed by atoms with Gasteiger partial charge in [0.15, 0.2) is 11.5 Å². The first-order valence-electron chi connectivity index (χ1n) is 6.31. The van der Waals surface area contributed by atoms with E-state index < -0.39 is 5.97 Å². The van der Waals surface area contributed by atoms with Crippen molar-refractivity contribution in [2.45, 2.75) is 13.5 Å². The highest BCUT2D eigenvalue weighted by Gasteiger charge is 2.10. The standard InChI is InChI=1S/C14H16N2O4/c1-2-19-13-10-11(14(17)18)4-5-12(13)20-9-8-16-7-3-6-15-16/h3-7,10H,2,8-9H2,1H3,(H,17,18). The van der Waals surface area contributed by atoms with Crippen molar-refractivity contribution in [2.75, 3.05) is 13.2 Å². The highest BCUT2D eigenvalue weighted by Crippen LogP contribution is 2.28. The molecule has 0 saturated heterocycles. The van der Waals surface area contributed by atoms with Crippen LogP contribution >= 0.6 is 0 Å². The van der Waals surface area contributed by atoms with Gasteiger partial charge in [-0.1, -0.05) is 0 Å². The number of nitrogens with zero attached hydrogens (tertiary/aromatic N) is 2. The van der Waals surface area contributed by atoms with Gasteiger partial charge in [-0.15, -0.1) is 0 Å². The molecule has 6 nitrogen and oxygen atoms in total. The van der Waals surface area contributed by atoms with Crippen molar-refractivity contribution >= 4 is 5.97 Å². The van der Waals surface area contributed by atoms with Crippen LogP contribution < -0.4 is 9.47 Å². The molecule has 1 heterocycles. The van der Waals surface area contributed by atoms with Crippen molar-refractivity contribution in [3.63, 3.8) is 0 Å². The van der Waals surface area contributed by atoms with E-state index in [1.165, 1.54) is 12.1 Å². The average Bonchev–Trinajstić information content (AvgIpc) is 2.93. The van der Waals surface area contributed by atoms with Crippen molar-refractivity contribution in [3.8, 4) is 11.5 Å². The van der Waals surface area contributed by atoms with Crippen molar-refractivity contribution in [1.82, 2.24) is 9.78 Å². The van der Waals surface area contributed by atoms with Crippen LogP contribution in [0.4, 0.5) is 0 Å². The zero-order chi connectivity index (χ0) is 14.4. The minimum atomic E-state index is -0.992. The molecular weight excluding hydrogens is 260 g/mol. The Morgan fingerprint density at radius 3 is 2.85 bits per heavy atom. The van der Waals surface area contributed by atoms with Crippen molar-refractivity contribution < 1.29 is 19.4 Å². The quantitative estimate of drug-likeness (QED) is 0.838. The van der Waals surface area contributed by atoms with Crippen LogP contribution in [0.3, 0.4) is 0 Å². The monoisotopic (exact) mass is 276 g/mol. The molecule has 0 spiro atoms. The molecule has 1 N–H and O–H groups in total. The molecule has 20 heavy (non-hydrogen) atoms. The number of carboxylic acid groups (broad SMARTS) is 1. The Bertz CT molecular complexity index is 567. The van der Waals surface area contributed by atoms with Gasteiger partial charge < -0.3 is 14.6 Å². The van der Waals surface area contributed by atoms with Gasteiger partial charge in [-0.05, 0) is 31.2 Å². The van der Waals surface area contributed by atoms with E-state index >= 15 is 0 Å². The number of carbonyl (C=O) groups is 1. The molecule has 0 aliphatic heterocycles. The highest BCUT2D eigenvalue weighted by atomic mass is 16.5. The van der Waals surface area contributed by atoms with Crippen LogP contribution in [-0.4, -0.2) is 34.1 Å². The molecule has 0 bridgehead atoms. The molecule has 0 aliphatic carbocycles. The van der Waals surface area contributed by atoms with Crippen LogP contribution in [0.15, 0.2) is 36.7 Å². The predicted molar refractivity (Wildman–Crippen MR) is 72.3 cm³/mol. The zero-order valence-corrected chi connectivity index (χ0v) is 11.2. The van der Waals surface area contributed by atoms with E-state index in [-0.39, 0.29) is 5.56 Å². The first-order valence-corrected chi connectivity index (χ1v) is 6.31.